The van der Waals surface area contributed by atoms with Gasteiger partial charge < -0.3 is 9.69 Å². The van der Waals surface area contributed by atoms with E-state index in [2.05, 4.69) is 4.90 Å². The van der Waals surface area contributed by atoms with Gasteiger partial charge in [0.05, 0.1) is 5.41 Å². The third kappa shape index (κ3) is 1.99. The van der Waals surface area contributed by atoms with Crippen LogP contribution in [-0.2, 0) is 9.59 Å². The summed E-state index contributed by atoms with van der Waals surface area (Å²) in [6.07, 6.45) is 13.9. The van der Waals surface area contributed by atoms with E-state index in [1.807, 2.05) is 0 Å². The van der Waals surface area contributed by atoms with Crippen molar-refractivity contribution in [3.8, 4) is 0 Å². The van der Waals surface area contributed by atoms with Crippen LogP contribution in [0.2, 0.25) is 0 Å². The third-order valence-corrected chi connectivity index (χ3v) is 6.88. The Labute approximate surface area is 127 Å². The summed E-state index contributed by atoms with van der Waals surface area (Å²) in [6.45, 7) is 0.941. The Morgan fingerprint density at radius 1 is 0.952 bits per heavy atom. The second kappa shape index (κ2) is 4.82. The van der Waals surface area contributed by atoms with Crippen LogP contribution >= 0.6 is 0 Å². The maximum absolute atomic E-state index is 13.2. The van der Waals surface area contributed by atoms with E-state index in [0.29, 0.717) is 11.9 Å². The molecule has 4 rings (SSSR count). The maximum Gasteiger partial charge on any atom is 0.230 e. The van der Waals surface area contributed by atoms with E-state index < -0.39 is 0 Å². The van der Waals surface area contributed by atoms with Crippen molar-refractivity contribution >= 4 is 12.2 Å². The molecule has 1 saturated heterocycles. The Morgan fingerprint density at radius 3 is 2.24 bits per heavy atom. The molecular formula is C18H27NO2. The maximum atomic E-state index is 13.2. The number of hydrogen-bond donors (Lipinski definition) is 0. The van der Waals surface area contributed by atoms with Gasteiger partial charge in [0.1, 0.15) is 6.29 Å². The summed E-state index contributed by atoms with van der Waals surface area (Å²) >= 11 is 0. The van der Waals surface area contributed by atoms with Crippen LogP contribution in [0.5, 0.6) is 0 Å². The highest BCUT2D eigenvalue weighted by atomic mass is 16.2. The lowest BCUT2D eigenvalue weighted by Gasteiger charge is -2.37. The van der Waals surface area contributed by atoms with Crippen LogP contribution in [0.1, 0.15) is 70.6 Å². The van der Waals surface area contributed by atoms with Crippen LogP contribution in [0, 0.1) is 16.7 Å². The molecule has 1 amide bonds. The number of amides is 1. The van der Waals surface area contributed by atoms with E-state index in [1.165, 1.54) is 38.5 Å². The number of likely N-dealkylation sites (tertiary alicyclic amines) is 1. The van der Waals surface area contributed by atoms with Gasteiger partial charge in [0.25, 0.3) is 0 Å². The van der Waals surface area contributed by atoms with Crippen molar-refractivity contribution in [1.82, 2.24) is 4.90 Å². The van der Waals surface area contributed by atoms with Crippen molar-refractivity contribution in [1.29, 1.82) is 0 Å². The normalized spacial score (nSPS) is 33.7. The van der Waals surface area contributed by atoms with E-state index in [9.17, 15) is 9.59 Å². The van der Waals surface area contributed by atoms with Crippen molar-refractivity contribution in [2.45, 2.75) is 76.7 Å². The van der Waals surface area contributed by atoms with Gasteiger partial charge in [-0.05, 0) is 57.3 Å². The van der Waals surface area contributed by atoms with Gasteiger partial charge in [-0.3, -0.25) is 4.79 Å². The number of nitrogens with zero attached hydrogens (tertiary/aromatic N) is 1. The van der Waals surface area contributed by atoms with Crippen LogP contribution in [-0.4, -0.2) is 29.7 Å². The minimum Gasteiger partial charge on any atom is -0.339 e. The molecule has 0 bridgehead atoms. The number of rotatable bonds is 4. The van der Waals surface area contributed by atoms with Gasteiger partial charge in [0.2, 0.25) is 5.91 Å². The zero-order chi connectivity index (χ0) is 14.5. The fourth-order valence-electron chi connectivity index (χ4n) is 5.22. The van der Waals surface area contributed by atoms with Gasteiger partial charge in [-0.15, -0.1) is 0 Å². The molecule has 1 unspecified atom stereocenters. The Morgan fingerprint density at radius 2 is 1.67 bits per heavy atom. The topological polar surface area (TPSA) is 37.4 Å². The Hall–Kier alpha value is -0.860. The molecule has 0 radical (unpaired) electrons. The molecule has 4 aliphatic rings. The summed E-state index contributed by atoms with van der Waals surface area (Å²) in [5, 5.41) is 0. The molecule has 3 heteroatoms. The molecular weight excluding hydrogens is 262 g/mol. The Balaban J connectivity index is 1.52. The molecule has 21 heavy (non-hydrogen) atoms. The largest absolute Gasteiger partial charge is 0.339 e. The zero-order valence-corrected chi connectivity index (χ0v) is 13.0. The first-order chi connectivity index (χ1) is 10.2. The minimum absolute atomic E-state index is 0.260. The van der Waals surface area contributed by atoms with Crippen LogP contribution in [0.4, 0.5) is 0 Å². The number of aldehydes is 1. The van der Waals surface area contributed by atoms with Gasteiger partial charge in [0.15, 0.2) is 0 Å². The van der Waals surface area contributed by atoms with E-state index in [-0.39, 0.29) is 10.8 Å². The van der Waals surface area contributed by atoms with E-state index in [0.717, 1.165) is 50.9 Å². The van der Waals surface area contributed by atoms with Gasteiger partial charge in [0, 0.05) is 18.0 Å². The summed E-state index contributed by atoms with van der Waals surface area (Å²) < 4.78 is 0. The average molecular weight is 289 g/mol. The summed E-state index contributed by atoms with van der Waals surface area (Å²) in [7, 11) is 0. The number of hydrogen-bond acceptors (Lipinski definition) is 2. The van der Waals surface area contributed by atoms with Crippen LogP contribution in [0.15, 0.2) is 0 Å². The first-order valence-corrected chi connectivity index (χ1v) is 9.00. The molecule has 3 saturated carbocycles. The highest BCUT2D eigenvalue weighted by Crippen LogP contribution is 2.70. The first-order valence-electron chi connectivity index (χ1n) is 9.00. The number of carbonyl (C=O) groups excluding carboxylic acids is 2. The molecule has 116 valence electrons. The molecule has 0 spiro atoms. The summed E-state index contributed by atoms with van der Waals surface area (Å²) in [6, 6.07) is 0.484. The van der Waals surface area contributed by atoms with Crippen molar-refractivity contribution in [2.24, 2.45) is 16.7 Å². The standard InChI is InChI=1S/C18H27NO2/c20-13-17(8-9-17)18(10-11-18)16(21)19-12-4-7-15(19)14-5-2-1-3-6-14/h13-15H,1-12H2. The SMILES string of the molecule is O=CC1(C2(C(=O)N3CCCC3C3CCCCC3)CC2)CC1. The van der Waals surface area contributed by atoms with Crippen LogP contribution < -0.4 is 0 Å². The highest BCUT2D eigenvalue weighted by Gasteiger charge is 2.70. The molecule has 3 nitrogen and oxygen atoms in total. The fraction of sp³-hybridized carbons (Fsp3) is 0.889. The monoisotopic (exact) mass is 289 g/mol. The van der Waals surface area contributed by atoms with Gasteiger partial charge in [-0.25, -0.2) is 0 Å². The molecule has 4 fully saturated rings. The fourth-order valence-corrected chi connectivity index (χ4v) is 5.22. The van der Waals surface area contributed by atoms with Crippen molar-refractivity contribution in [3.05, 3.63) is 0 Å². The molecule has 0 N–H and O–H groups in total. The molecule has 0 aromatic carbocycles. The molecule has 0 aromatic rings. The quantitative estimate of drug-likeness (QED) is 0.745. The smallest absolute Gasteiger partial charge is 0.230 e. The molecule has 1 atom stereocenters. The lowest BCUT2D eigenvalue weighted by molar-refractivity contribution is -0.144. The van der Waals surface area contributed by atoms with Crippen molar-refractivity contribution < 1.29 is 9.59 Å². The molecule has 3 aliphatic carbocycles. The summed E-state index contributed by atoms with van der Waals surface area (Å²) in [5.41, 5.74) is -0.532. The van der Waals surface area contributed by atoms with E-state index in [1.54, 1.807) is 0 Å². The second-order valence-corrected chi connectivity index (χ2v) is 7.96. The predicted octanol–water partition coefficient (Wildman–Crippen LogP) is 3.32. The van der Waals surface area contributed by atoms with Crippen molar-refractivity contribution in [2.75, 3.05) is 6.54 Å². The molecule has 0 aromatic heterocycles. The van der Waals surface area contributed by atoms with Crippen LogP contribution in [0.25, 0.3) is 0 Å². The minimum atomic E-state index is -0.272. The van der Waals surface area contributed by atoms with E-state index >= 15 is 0 Å². The molecule has 1 heterocycles. The second-order valence-electron chi connectivity index (χ2n) is 7.96. The third-order valence-electron chi connectivity index (χ3n) is 6.88. The summed E-state index contributed by atoms with van der Waals surface area (Å²) in [4.78, 5) is 26.9. The van der Waals surface area contributed by atoms with Crippen LogP contribution in [0.3, 0.4) is 0 Å². The Kier molecular flexibility index (Phi) is 3.16. The number of carbonyl (C=O) groups is 2. The lowest BCUT2D eigenvalue weighted by atomic mass is 9.81. The lowest BCUT2D eigenvalue weighted by Crippen LogP contribution is -2.47. The van der Waals surface area contributed by atoms with E-state index in [4.69, 9.17) is 0 Å². The summed E-state index contributed by atoms with van der Waals surface area (Å²) in [5.74, 6) is 1.08. The van der Waals surface area contributed by atoms with Crippen molar-refractivity contribution in [3.63, 3.8) is 0 Å². The highest BCUT2D eigenvalue weighted by molar-refractivity contribution is 5.92. The van der Waals surface area contributed by atoms with Gasteiger partial charge in [-0.2, -0.15) is 0 Å². The average Bonchev–Trinajstić information content (AvgIpc) is 3.43. The first kappa shape index (κ1) is 13.8. The van der Waals surface area contributed by atoms with Gasteiger partial charge >= 0.3 is 0 Å². The van der Waals surface area contributed by atoms with Gasteiger partial charge in [-0.1, -0.05) is 19.3 Å². The Bertz CT molecular complexity index is 444. The predicted molar refractivity (Wildman–Crippen MR) is 80.7 cm³/mol. The zero-order valence-electron chi connectivity index (χ0n) is 13.0. The molecule has 1 aliphatic heterocycles.